The lowest BCUT2D eigenvalue weighted by Crippen LogP contribution is -2.67. The van der Waals surface area contributed by atoms with Gasteiger partial charge in [-0.1, -0.05) is 382 Å². The fraction of sp³-hybridized carbons (Fsp3) is 0.631. The molecule has 0 aliphatic rings. The number of aliphatic hydroxyl groups is 1. The van der Waals surface area contributed by atoms with Gasteiger partial charge in [-0.25, -0.2) is 4.39 Å². The van der Waals surface area contributed by atoms with Gasteiger partial charge in [0.1, 0.15) is 11.9 Å². The van der Waals surface area contributed by atoms with E-state index in [1.807, 2.05) is 18.2 Å². The van der Waals surface area contributed by atoms with Crippen LogP contribution in [0.15, 0.2) is 140 Å². The molecule has 0 bridgehead atoms. The lowest BCUT2D eigenvalue weighted by atomic mass is 10.0. The van der Waals surface area contributed by atoms with Crippen molar-refractivity contribution in [2.45, 2.75) is 303 Å². The molecule has 0 amide bonds. The van der Waals surface area contributed by atoms with Gasteiger partial charge in [0.15, 0.2) is 0 Å². The molecule has 524 valence electrons. The van der Waals surface area contributed by atoms with E-state index in [9.17, 15) is 14.8 Å². The highest BCUT2D eigenvalue weighted by Crippen LogP contribution is 2.38. The van der Waals surface area contributed by atoms with Crippen molar-refractivity contribution in [2.75, 3.05) is 39.6 Å². The molecule has 0 unspecified atom stereocenters. The predicted molar refractivity (Wildman–Crippen MR) is 403 cm³/mol. The molecule has 5 rings (SSSR count). The highest BCUT2D eigenvalue weighted by atomic mass is 28.4. The number of nitrogens with zero attached hydrogens (tertiary/aromatic N) is 1. The topological polar surface area (TPSA) is 90.2 Å². The fourth-order valence-corrected chi connectivity index (χ4v) is 22.6. The van der Waals surface area contributed by atoms with Gasteiger partial charge < -0.3 is 28.2 Å². The van der Waals surface area contributed by atoms with E-state index in [0.29, 0.717) is 32.0 Å². The Kier molecular flexibility index (Phi) is 43.8. The smallest absolute Gasteiger partial charge is 0.261 e. The summed E-state index contributed by atoms with van der Waals surface area (Å²) in [5.41, 5.74) is 0.911. The van der Waals surface area contributed by atoms with E-state index in [1.54, 1.807) is 6.07 Å². The van der Waals surface area contributed by atoms with Crippen molar-refractivity contribution in [3.8, 4) is 6.07 Å². The molecule has 0 aromatic heterocycles. The van der Waals surface area contributed by atoms with Gasteiger partial charge in [-0.15, -0.1) is 0 Å². The first-order chi connectivity index (χ1) is 45.7. The second-order valence-corrected chi connectivity index (χ2v) is 37.6. The van der Waals surface area contributed by atoms with Crippen molar-refractivity contribution in [2.24, 2.45) is 0 Å². The maximum absolute atomic E-state index is 14.2. The number of hydrogen-bond acceptors (Lipinski definition) is 7. The number of rotatable bonds is 53. The van der Waals surface area contributed by atoms with Crippen LogP contribution >= 0.6 is 0 Å². The molecule has 0 saturated carbocycles. The van der Waals surface area contributed by atoms with Crippen LogP contribution in [-0.4, -0.2) is 73.6 Å². The van der Waals surface area contributed by atoms with Crippen LogP contribution in [0.1, 0.15) is 285 Å². The summed E-state index contributed by atoms with van der Waals surface area (Å²) in [5.74, 6) is -0.437. The molecule has 0 aliphatic carbocycles. The van der Waals surface area contributed by atoms with Gasteiger partial charge in [0, 0.05) is 13.2 Å². The quantitative estimate of drug-likeness (QED) is 0.0306. The molecule has 94 heavy (non-hydrogen) atoms. The van der Waals surface area contributed by atoms with Crippen LogP contribution in [0.4, 0.5) is 4.39 Å². The van der Waals surface area contributed by atoms with Crippen LogP contribution in [0, 0.1) is 17.1 Å². The van der Waals surface area contributed by atoms with E-state index >= 15 is 0 Å². The van der Waals surface area contributed by atoms with E-state index in [0.717, 1.165) is 19.4 Å². The van der Waals surface area contributed by atoms with Crippen LogP contribution in [0.3, 0.4) is 0 Å². The van der Waals surface area contributed by atoms with E-state index in [4.69, 9.17) is 23.1 Å². The van der Waals surface area contributed by atoms with Crippen molar-refractivity contribution in [1.82, 2.24) is 0 Å². The number of nitriles is 1. The van der Waals surface area contributed by atoms with Crippen molar-refractivity contribution in [3.63, 3.8) is 0 Å². The van der Waals surface area contributed by atoms with E-state index in [2.05, 4.69) is 165 Å². The summed E-state index contributed by atoms with van der Waals surface area (Å²) in [5, 5.41) is 24.8. The minimum atomic E-state index is -2.78. The third-order valence-electron chi connectivity index (χ3n) is 18.8. The van der Waals surface area contributed by atoms with Gasteiger partial charge >= 0.3 is 0 Å². The molecule has 5 aromatic carbocycles. The standard InChI is InChI=1S/C46H68FNO3Si.C38H64O3Si/c1-5-6-7-8-9-10-11-12-13-14-15-16-17-18-19-20-27-32-49-38-43(50-37-41-33-40(36-48)34-42(47)35-41)39-51-52(46(2,3)4,44-28-23-21-24-29-44)45-30-25-22-26-31-45;1-5-6-7-8-9-10-11-12-13-14-15-16-17-18-19-20-27-32-40-33-35(39)34-41-42(38(2,3)4,36-28-23-21-24-29-36)37-30-25-22-26-31-37/h21-26,28-31,33-35,43H,5-20,27,32,37-39H2,1-4H3;21-26,28-31,35,39H,5-20,27,32-34H2,1-4H3/t43-;35-/m11/s1. The molecule has 0 fully saturated rings. The Hall–Kier alpha value is -4.29. The lowest BCUT2D eigenvalue weighted by molar-refractivity contribution is -0.0471. The summed E-state index contributed by atoms with van der Waals surface area (Å²) in [6.07, 6.45) is 45.3. The third kappa shape index (κ3) is 32.4. The Bertz CT molecular complexity index is 2550. The van der Waals surface area contributed by atoms with Crippen LogP contribution < -0.4 is 20.7 Å². The van der Waals surface area contributed by atoms with Crippen molar-refractivity contribution in [1.29, 1.82) is 5.26 Å². The number of aliphatic hydroxyl groups excluding tert-OH is 1. The first-order valence-electron chi connectivity index (χ1n) is 37.9. The van der Waals surface area contributed by atoms with Gasteiger partial charge in [0.25, 0.3) is 16.6 Å². The number of unbranched alkanes of at least 4 members (excludes halogenated alkanes) is 32. The monoisotopic (exact) mass is 1330 g/mol. The summed E-state index contributed by atoms with van der Waals surface area (Å²) < 4.78 is 46.7. The second-order valence-electron chi connectivity index (χ2n) is 29.0. The van der Waals surface area contributed by atoms with Crippen LogP contribution in [0.5, 0.6) is 0 Å². The van der Waals surface area contributed by atoms with Gasteiger partial charge in [-0.2, -0.15) is 5.26 Å². The van der Waals surface area contributed by atoms with Crippen molar-refractivity contribution >= 4 is 37.4 Å². The molecule has 5 aromatic rings. The maximum atomic E-state index is 14.2. The average molecular weight is 1330 g/mol. The van der Waals surface area contributed by atoms with Gasteiger partial charge in [-0.3, -0.25) is 0 Å². The predicted octanol–water partition coefficient (Wildman–Crippen LogP) is 21.4. The molecular weight excluding hydrogens is 1190 g/mol. The zero-order chi connectivity index (χ0) is 67.7. The number of hydrogen-bond donors (Lipinski definition) is 1. The van der Waals surface area contributed by atoms with Crippen LogP contribution in [0.25, 0.3) is 0 Å². The Morgan fingerprint density at radius 3 is 1.00 bits per heavy atom. The largest absolute Gasteiger partial charge is 0.405 e. The summed E-state index contributed by atoms with van der Waals surface area (Å²) >= 11 is 0. The Labute approximate surface area is 576 Å². The van der Waals surface area contributed by atoms with Gasteiger partial charge in [-0.05, 0) is 67.4 Å². The number of ether oxygens (including phenoxy) is 3. The van der Waals surface area contributed by atoms with Crippen molar-refractivity contribution < 1.29 is 32.6 Å². The van der Waals surface area contributed by atoms with Crippen LogP contribution in [-0.2, 0) is 29.7 Å². The third-order valence-corrected chi connectivity index (χ3v) is 28.8. The van der Waals surface area contributed by atoms with E-state index in [-0.39, 0.29) is 35.0 Å². The zero-order valence-corrected chi connectivity index (χ0v) is 62.7. The number of benzene rings is 5. The first-order valence-corrected chi connectivity index (χ1v) is 41.7. The molecule has 0 spiro atoms. The maximum Gasteiger partial charge on any atom is 0.261 e. The summed E-state index contributed by atoms with van der Waals surface area (Å²) in [6, 6.07) is 48.8. The second kappa shape index (κ2) is 50.1. The first kappa shape index (κ1) is 82.1. The normalized spacial score (nSPS) is 12.7. The Morgan fingerprint density at radius 2 is 0.691 bits per heavy atom. The van der Waals surface area contributed by atoms with E-state index < -0.39 is 28.6 Å². The SMILES string of the molecule is CCCCCCCCCCCCCCCCCCCOC[C@@H](O)CO[Si](c1ccccc1)(c1ccccc1)C(C)(C)C.CCCCCCCCCCCCCCCCCCCOC[C@H](CO[Si](c1ccccc1)(c1ccccc1)C(C)(C)C)OCc1cc(F)cc(C#N)c1. The Balaban J connectivity index is 0.000000410. The molecule has 1 N–H and O–H groups in total. The molecule has 2 atom stereocenters. The summed E-state index contributed by atoms with van der Waals surface area (Å²) in [4.78, 5) is 0. The van der Waals surface area contributed by atoms with Crippen LogP contribution in [0.2, 0.25) is 10.1 Å². The molecular formula is C84H132FNO6Si2. The average Bonchev–Trinajstić information content (AvgIpc) is 0.759. The molecule has 7 nitrogen and oxygen atoms in total. The van der Waals surface area contributed by atoms with Gasteiger partial charge in [0.05, 0.1) is 50.8 Å². The summed E-state index contributed by atoms with van der Waals surface area (Å²) in [6.45, 7) is 21.1. The van der Waals surface area contributed by atoms with Crippen molar-refractivity contribution in [3.05, 3.63) is 156 Å². The molecule has 10 heteroatoms. The molecule has 0 heterocycles. The highest BCUT2D eigenvalue weighted by Gasteiger charge is 2.51. The molecule has 0 saturated heterocycles. The van der Waals surface area contributed by atoms with E-state index in [1.165, 1.54) is 238 Å². The lowest BCUT2D eigenvalue weighted by Gasteiger charge is -2.43. The van der Waals surface area contributed by atoms with Gasteiger partial charge in [0.2, 0.25) is 0 Å². The Morgan fingerprint density at radius 1 is 0.394 bits per heavy atom. The highest BCUT2D eigenvalue weighted by molar-refractivity contribution is 7.00. The summed E-state index contributed by atoms with van der Waals surface area (Å²) in [7, 11) is -5.40. The zero-order valence-electron chi connectivity index (χ0n) is 60.7. The number of halogens is 1. The minimum absolute atomic E-state index is 0.0937. The minimum Gasteiger partial charge on any atom is -0.405 e. The molecule has 0 aliphatic heterocycles. The molecule has 0 radical (unpaired) electrons. The fourth-order valence-electron chi connectivity index (χ4n) is 13.5.